The number of nitrogens with zero attached hydrogens (tertiary/aromatic N) is 4. The van der Waals surface area contributed by atoms with Crippen molar-refractivity contribution in [3.63, 3.8) is 0 Å². The molecule has 0 aliphatic rings. The zero-order valence-corrected chi connectivity index (χ0v) is 16.7. The molecule has 9 heteroatoms. The lowest BCUT2D eigenvalue weighted by molar-refractivity contribution is 0.415. The molecule has 150 valence electrons. The van der Waals surface area contributed by atoms with Gasteiger partial charge in [-0.2, -0.15) is 0 Å². The molecule has 0 saturated carbocycles. The summed E-state index contributed by atoms with van der Waals surface area (Å²) in [6.07, 6.45) is 2.86. The summed E-state index contributed by atoms with van der Waals surface area (Å²) >= 11 is 1.40. The maximum atomic E-state index is 12.7. The van der Waals surface area contributed by atoms with Crippen LogP contribution in [-0.4, -0.2) is 25.8 Å². The van der Waals surface area contributed by atoms with E-state index in [1.54, 1.807) is 12.5 Å². The molecule has 0 unspecified atom stereocenters. The lowest BCUT2D eigenvalue weighted by Gasteiger charge is -2.11. The highest BCUT2D eigenvalue weighted by atomic mass is 32.1. The maximum absolute atomic E-state index is 12.7. The molecule has 3 aromatic rings. The van der Waals surface area contributed by atoms with Gasteiger partial charge in [0.05, 0.1) is 32.4 Å². The molecule has 0 fully saturated rings. The second kappa shape index (κ2) is 8.70. The van der Waals surface area contributed by atoms with E-state index in [-0.39, 0.29) is 19.6 Å². The van der Waals surface area contributed by atoms with Crippen LogP contribution in [0.3, 0.4) is 0 Å². The van der Waals surface area contributed by atoms with E-state index in [1.807, 2.05) is 24.3 Å². The zero-order chi connectivity index (χ0) is 21.0. The molecule has 1 aromatic carbocycles. The van der Waals surface area contributed by atoms with Crippen LogP contribution in [0, 0.1) is 0 Å². The predicted molar refractivity (Wildman–Crippen MR) is 113 cm³/mol. The number of aromatic nitrogens is 4. The number of hydrogen-bond donors (Lipinski definition) is 0. The molecule has 0 bridgehead atoms. The number of rotatable bonds is 8. The summed E-state index contributed by atoms with van der Waals surface area (Å²) in [5.74, 6) is 0.740. The van der Waals surface area contributed by atoms with Gasteiger partial charge in [0.15, 0.2) is 0 Å². The van der Waals surface area contributed by atoms with Crippen molar-refractivity contribution in [2.24, 2.45) is 0 Å². The quantitative estimate of drug-likeness (QED) is 0.526. The minimum Gasteiger partial charge on any atom is -0.497 e. The van der Waals surface area contributed by atoms with E-state index in [1.165, 1.54) is 23.5 Å². The zero-order valence-electron chi connectivity index (χ0n) is 15.9. The van der Waals surface area contributed by atoms with Gasteiger partial charge in [0, 0.05) is 10.9 Å². The fourth-order valence-electron chi connectivity index (χ4n) is 2.80. The van der Waals surface area contributed by atoms with E-state index >= 15 is 0 Å². The number of methoxy groups -OCH3 is 1. The van der Waals surface area contributed by atoms with E-state index in [2.05, 4.69) is 18.1 Å². The average Bonchev–Trinajstić information content (AvgIpc) is 3.20. The first-order chi connectivity index (χ1) is 14.0. The second-order valence-corrected chi connectivity index (χ2v) is 6.96. The van der Waals surface area contributed by atoms with Gasteiger partial charge in [0.25, 0.3) is 0 Å². The van der Waals surface area contributed by atoms with E-state index in [0.29, 0.717) is 5.69 Å². The third-order valence-electron chi connectivity index (χ3n) is 4.22. The Bertz CT molecular complexity index is 1170. The van der Waals surface area contributed by atoms with Crippen molar-refractivity contribution >= 4 is 11.3 Å². The van der Waals surface area contributed by atoms with Gasteiger partial charge >= 0.3 is 17.1 Å². The summed E-state index contributed by atoms with van der Waals surface area (Å²) in [5, 5.41) is 2.54. The third kappa shape index (κ3) is 4.04. The lowest BCUT2D eigenvalue weighted by Crippen LogP contribution is -2.54. The third-order valence-corrected chi connectivity index (χ3v) is 5.16. The SMILES string of the molecule is C=CCn1c(=O)n(CC=C)c(=O)n(Cc2csc(-c3ccc(OC)cc3)n2)c1=O. The Kier molecular flexibility index (Phi) is 6.08. The van der Waals surface area contributed by atoms with Gasteiger partial charge in [-0.05, 0) is 24.3 Å². The summed E-state index contributed by atoms with van der Waals surface area (Å²) in [5.41, 5.74) is -0.629. The highest BCUT2D eigenvalue weighted by Crippen LogP contribution is 2.25. The molecule has 0 spiro atoms. The van der Waals surface area contributed by atoms with Gasteiger partial charge in [0.2, 0.25) is 0 Å². The molecule has 0 saturated heterocycles. The smallest absolute Gasteiger partial charge is 0.336 e. The monoisotopic (exact) mass is 412 g/mol. The van der Waals surface area contributed by atoms with Crippen LogP contribution in [-0.2, 0) is 19.6 Å². The second-order valence-electron chi connectivity index (χ2n) is 6.10. The number of benzene rings is 1. The summed E-state index contributed by atoms with van der Waals surface area (Å²) in [6.45, 7) is 7.09. The molecule has 0 aliphatic carbocycles. The van der Waals surface area contributed by atoms with E-state index < -0.39 is 17.1 Å². The number of thiazole rings is 1. The van der Waals surface area contributed by atoms with Crippen molar-refractivity contribution in [3.05, 3.63) is 92.1 Å². The van der Waals surface area contributed by atoms with Crippen LogP contribution in [0.5, 0.6) is 5.75 Å². The Morgan fingerprint density at radius 3 is 2.03 bits per heavy atom. The van der Waals surface area contributed by atoms with E-state index in [4.69, 9.17) is 4.74 Å². The molecule has 0 aliphatic heterocycles. The van der Waals surface area contributed by atoms with Crippen molar-refractivity contribution in [2.45, 2.75) is 19.6 Å². The van der Waals surface area contributed by atoms with Crippen LogP contribution < -0.4 is 21.8 Å². The Labute approximate surface area is 170 Å². The Morgan fingerprint density at radius 1 is 0.966 bits per heavy atom. The highest BCUT2D eigenvalue weighted by Gasteiger charge is 2.16. The van der Waals surface area contributed by atoms with Crippen molar-refractivity contribution in [3.8, 4) is 16.3 Å². The molecular weight excluding hydrogens is 392 g/mol. The fraction of sp³-hybridized carbons (Fsp3) is 0.200. The normalized spacial score (nSPS) is 10.7. The largest absolute Gasteiger partial charge is 0.497 e. The minimum atomic E-state index is -0.695. The van der Waals surface area contributed by atoms with E-state index in [0.717, 1.165) is 30.0 Å². The van der Waals surface area contributed by atoms with Crippen LogP contribution in [0.2, 0.25) is 0 Å². The molecule has 3 rings (SSSR count). The van der Waals surface area contributed by atoms with Gasteiger partial charge in [0.1, 0.15) is 10.8 Å². The van der Waals surface area contributed by atoms with Gasteiger partial charge < -0.3 is 4.74 Å². The summed E-state index contributed by atoms with van der Waals surface area (Å²) in [4.78, 5) is 42.4. The molecule has 0 atom stereocenters. The summed E-state index contributed by atoms with van der Waals surface area (Å²) in [7, 11) is 1.60. The first kappa shape index (κ1) is 20.3. The van der Waals surface area contributed by atoms with E-state index in [9.17, 15) is 14.4 Å². The molecule has 0 amide bonds. The van der Waals surface area contributed by atoms with Crippen molar-refractivity contribution < 1.29 is 4.74 Å². The lowest BCUT2D eigenvalue weighted by atomic mass is 10.2. The van der Waals surface area contributed by atoms with Gasteiger partial charge in [-0.15, -0.1) is 24.5 Å². The van der Waals surface area contributed by atoms with Gasteiger partial charge in [-0.1, -0.05) is 12.2 Å². The minimum absolute atomic E-state index is 0.00323. The van der Waals surface area contributed by atoms with Crippen LogP contribution in [0.15, 0.2) is 69.3 Å². The fourth-order valence-corrected chi connectivity index (χ4v) is 3.61. The standard InChI is InChI=1S/C20H20N4O4S/c1-4-10-22-18(25)23(11-5-2)20(27)24(19(22)26)12-15-13-29-17(21-15)14-6-8-16(28-3)9-7-14/h4-9,13H,1-2,10-12H2,3H3. The summed E-state index contributed by atoms with van der Waals surface area (Å²) in [6, 6.07) is 7.43. The molecule has 29 heavy (non-hydrogen) atoms. The molecular formula is C20H20N4O4S. The topological polar surface area (TPSA) is 88.1 Å². The Morgan fingerprint density at radius 2 is 1.52 bits per heavy atom. The van der Waals surface area contributed by atoms with Crippen LogP contribution in [0.1, 0.15) is 5.69 Å². The molecule has 2 heterocycles. The molecule has 8 nitrogen and oxygen atoms in total. The maximum Gasteiger partial charge on any atom is 0.336 e. The first-order valence-electron chi connectivity index (χ1n) is 8.75. The summed E-state index contributed by atoms with van der Waals surface area (Å²) < 4.78 is 8.09. The first-order valence-corrected chi connectivity index (χ1v) is 9.63. The highest BCUT2D eigenvalue weighted by molar-refractivity contribution is 7.13. The van der Waals surface area contributed by atoms with Crippen molar-refractivity contribution in [1.29, 1.82) is 0 Å². The van der Waals surface area contributed by atoms with Crippen molar-refractivity contribution in [2.75, 3.05) is 7.11 Å². The molecule has 2 aromatic heterocycles. The number of allylic oxidation sites excluding steroid dienone is 2. The van der Waals surface area contributed by atoms with Crippen molar-refractivity contribution in [1.82, 2.24) is 18.7 Å². The Hall–Kier alpha value is -3.46. The van der Waals surface area contributed by atoms with Crippen LogP contribution in [0.25, 0.3) is 10.6 Å². The van der Waals surface area contributed by atoms with Crippen LogP contribution in [0.4, 0.5) is 0 Å². The van der Waals surface area contributed by atoms with Gasteiger partial charge in [-0.3, -0.25) is 0 Å². The average molecular weight is 412 g/mol. The predicted octanol–water partition coefficient (Wildman–Crippen LogP) is 1.72. The molecule has 0 N–H and O–H groups in total. The van der Waals surface area contributed by atoms with Gasteiger partial charge in [-0.25, -0.2) is 33.1 Å². The number of ether oxygens (including phenoxy) is 1. The number of hydrogen-bond acceptors (Lipinski definition) is 6. The Balaban J connectivity index is 2.02. The van der Waals surface area contributed by atoms with Crippen LogP contribution >= 0.6 is 11.3 Å². The molecule has 0 radical (unpaired) electrons.